The van der Waals surface area contributed by atoms with E-state index in [4.69, 9.17) is 18.9 Å². The van der Waals surface area contributed by atoms with Gasteiger partial charge in [-0.3, -0.25) is 19.2 Å². The van der Waals surface area contributed by atoms with Crippen molar-refractivity contribution < 1.29 is 43.2 Å². The Labute approximate surface area is 295 Å². The third-order valence-electron chi connectivity index (χ3n) is 9.43. The maximum absolute atomic E-state index is 12.3. The Hall–Kier alpha value is -3.84. The summed E-state index contributed by atoms with van der Waals surface area (Å²) < 4.78 is 24.4. The molecule has 0 spiro atoms. The molecule has 0 saturated carbocycles. The topological polar surface area (TPSA) is 153 Å². The number of hydrogen-bond acceptors (Lipinski definition) is 10. The van der Waals surface area contributed by atoms with Crippen molar-refractivity contribution in [1.29, 1.82) is 0 Å². The molecular weight excluding hydrogens is 642 g/mol. The van der Waals surface area contributed by atoms with Crippen LogP contribution in [0.4, 0.5) is 0 Å². The summed E-state index contributed by atoms with van der Waals surface area (Å²) in [7, 11) is 3.89. The van der Waals surface area contributed by atoms with Crippen molar-refractivity contribution in [3.8, 4) is 0 Å². The third kappa shape index (κ3) is 9.69. The first-order valence-corrected chi connectivity index (χ1v) is 17.3. The number of rotatable bonds is 16. The van der Waals surface area contributed by atoms with Crippen LogP contribution in [-0.2, 0) is 56.8 Å². The van der Waals surface area contributed by atoms with Crippen LogP contribution in [0.3, 0.4) is 0 Å². The van der Waals surface area contributed by atoms with Crippen LogP contribution in [0.5, 0.6) is 0 Å². The number of fused-ring (bicyclic) bond motifs is 2. The number of likely N-dealkylation sites (N-methyl/N-ethyl adjacent to an activating group) is 1. The van der Waals surface area contributed by atoms with Gasteiger partial charge in [0.15, 0.2) is 6.10 Å². The summed E-state index contributed by atoms with van der Waals surface area (Å²) in [4.78, 5) is 50.6. The van der Waals surface area contributed by atoms with Gasteiger partial charge >= 0.3 is 11.9 Å². The standard InChI is InChI=1S/C38H53N3O9/c1-25-11-16-31(38-35(49-27(3)43)32(48-26(2)42)23-37(50-38,24-47-38)36(4,5)46)22-30(25)21-29-14-12-28(13-15-29)9-8-10-33(44)39-18-17-34(45)40-19-20-41(6)7/h11-16,22,32,35,46H,8-10,17-21,23-24H2,1-7H3,(H,39,44)(H,40,45)/t32-,35+,37+,38-/m0/s1. The fraction of sp³-hybridized carbons (Fsp3) is 0.579. The largest absolute Gasteiger partial charge is 0.458 e. The van der Waals surface area contributed by atoms with Crippen molar-refractivity contribution in [2.75, 3.05) is 40.3 Å². The highest BCUT2D eigenvalue weighted by atomic mass is 16.8. The number of aryl methyl sites for hydroxylation is 2. The third-order valence-corrected chi connectivity index (χ3v) is 9.43. The van der Waals surface area contributed by atoms with E-state index in [1.54, 1.807) is 13.8 Å². The highest BCUT2D eigenvalue weighted by Crippen LogP contribution is 2.55. The second kappa shape index (κ2) is 16.5. The number of carbonyl (C=O) groups excluding carboxylic acids is 4. The van der Waals surface area contributed by atoms with Crippen molar-refractivity contribution in [2.45, 2.75) is 102 Å². The van der Waals surface area contributed by atoms with E-state index in [1.807, 2.05) is 44.1 Å². The van der Waals surface area contributed by atoms with E-state index in [-0.39, 0.29) is 31.3 Å². The molecule has 3 N–H and O–H groups in total. The molecule has 2 aliphatic heterocycles. The molecule has 0 unspecified atom stereocenters. The molecule has 0 aliphatic carbocycles. The van der Waals surface area contributed by atoms with Crippen LogP contribution in [0.15, 0.2) is 42.5 Å². The van der Waals surface area contributed by atoms with Crippen molar-refractivity contribution in [3.05, 3.63) is 70.3 Å². The van der Waals surface area contributed by atoms with Crippen LogP contribution in [-0.4, -0.2) is 97.5 Å². The zero-order valence-corrected chi connectivity index (χ0v) is 30.4. The molecule has 274 valence electrons. The molecule has 0 aromatic heterocycles. The Morgan fingerprint density at radius 3 is 2.22 bits per heavy atom. The monoisotopic (exact) mass is 695 g/mol. The minimum absolute atomic E-state index is 0.00676. The predicted molar refractivity (Wildman–Crippen MR) is 186 cm³/mol. The number of nitrogens with one attached hydrogen (secondary N) is 2. The normalized spacial score (nSPS) is 23.0. The van der Waals surface area contributed by atoms with Gasteiger partial charge in [-0.2, -0.15) is 0 Å². The van der Waals surface area contributed by atoms with E-state index in [2.05, 4.69) is 34.9 Å². The van der Waals surface area contributed by atoms with E-state index in [1.165, 1.54) is 13.8 Å². The van der Waals surface area contributed by atoms with Gasteiger partial charge in [0.05, 0.1) is 12.2 Å². The number of nitrogens with zero attached hydrogens (tertiary/aromatic N) is 1. The Morgan fingerprint density at radius 2 is 1.58 bits per heavy atom. The molecule has 4 atom stereocenters. The maximum atomic E-state index is 12.3. The molecule has 12 nitrogen and oxygen atoms in total. The van der Waals surface area contributed by atoms with Gasteiger partial charge in [0.25, 0.3) is 0 Å². The fourth-order valence-electron chi connectivity index (χ4n) is 6.48. The predicted octanol–water partition coefficient (Wildman–Crippen LogP) is 3.07. The Bertz CT molecular complexity index is 1520. The number of ether oxygens (including phenoxy) is 4. The quantitative estimate of drug-likeness (QED) is 0.224. The number of amides is 2. The fourth-order valence-corrected chi connectivity index (χ4v) is 6.48. The van der Waals surface area contributed by atoms with Crippen LogP contribution < -0.4 is 10.6 Å². The zero-order chi connectivity index (χ0) is 36.7. The summed E-state index contributed by atoms with van der Waals surface area (Å²) in [5.41, 5.74) is 2.23. The Morgan fingerprint density at radius 1 is 0.940 bits per heavy atom. The van der Waals surface area contributed by atoms with Crippen LogP contribution in [0, 0.1) is 6.92 Å². The molecule has 0 radical (unpaired) electrons. The lowest BCUT2D eigenvalue weighted by Crippen LogP contribution is -2.64. The molecule has 4 rings (SSSR count). The molecule has 2 fully saturated rings. The van der Waals surface area contributed by atoms with E-state index >= 15 is 0 Å². The summed E-state index contributed by atoms with van der Waals surface area (Å²) in [6, 6.07) is 14.0. The summed E-state index contributed by atoms with van der Waals surface area (Å²) in [5.74, 6) is -2.87. The van der Waals surface area contributed by atoms with Gasteiger partial charge in [0, 0.05) is 58.3 Å². The number of hydrogen-bond donors (Lipinski definition) is 3. The zero-order valence-electron chi connectivity index (χ0n) is 30.4. The smallest absolute Gasteiger partial charge is 0.303 e. The Kier molecular flexibility index (Phi) is 12.8. The van der Waals surface area contributed by atoms with E-state index in [0.29, 0.717) is 37.9 Å². The van der Waals surface area contributed by atoms with Crippen LogP contribution in [0.25, 0.3) is 0 Å². The Balaban J connectivity index is 1.40. The molecular formula is C38H53N3O9. The molecule has 2 bridgehead atoms. The molecule has 12 heteroatoms. The van der Waals surface area contributed by atoms with Gasteiger partial charge in [0.1, 0.15) is 11.7 Å². The van der Waals surface area contributed by atoms with Gasteiger partial charge in [-0.05, 0) is 82.4 Å². The lowest BCUT2D eigenvalue weighted by molar-refractivity contribution is -0.323. The number of esters is 2. The van der Waals surface area contributed by atoms with Gasteiger partial charge in [0.2, 0.25) is 17.6 Å². The van der Waals surface area contributed by atoms with Crippen molar-refractivity contribution in [2.24, 2.45) is 0 Å². The maximum Gasteiger partial charge on any atom is 0.303 e. The van der Waals surface area contributed by atoms with Gasteiger partial charge < -0.3 is 39.6 Å². The molecule has 2 aromatic carbocycles. The van der Waals surface area contributed by atoms with E-state index in [9.17, 15) is 24.3 Å². The number of benzene rings is 2. The molecule has 50 heavy (non-hydrogen) atoms. The van der Waals surface area contributed by atoms with Gasteiger partial charge in [-0.25, -0.2) is 0 Å². The second-order valence-corrected chi connectivity index (χ2v) is 14.2. The summed E-state index contributed by atoms with van der Waals surface area (Å²) in [6.07, 6.45) is 0.743. The molecule has 2 saturated heterocycles. The van der Waals surface area contributed by atoms with Crippen LogP contribution >= 0.6 is 0 Å². The highest BCUT2D eigenvalue weighted by molar-refractivity contribution is 5.78. The molecule has 2 aliphatic rings. The number of carbonyl (C=O) groups is 4. The lowest BCUT2D eigenvalue weighted by Gasteiger charge is -2.49. The molecule has 2 amide bonds. The van der Waals surface area contributed by atoms with E-state index < -0.39 is 41.1 Å². The summed E-state index contributed by atoms with van der Waals surface area (Å²) in [5, 5.41) is 16.9. The number of aliphatic hydroxyl groups is 1. The van der Waals surface area contributed by atoms with Gasteiger partial charge in [-0.1, -0.05) is 36.4 Å². The molecule has 2 aromatic rings. The second-order valence-electron chi connectivity index (χ2n) is 14.2. The van der Waals surface area contributed by atoms with Crippen molar-refractivity contribution in [1.82, 2.24) is 15.5 Å². The minimum atomic E-state index is -1.61. The average Bonchev–Trinajstić information content (AvgIpc) is 3.37. The SMILES string of the molecule is CC(=O)O[C@H]1C[C@]2(C(C)(C)O)CO[C@@](c3ccc(C)c(Cc4ccc(CCCC(=O)NCCC(=O)NCCN(C)C)cc4)c3)(O2)[C@@H]1OC(C)=O. The highest BCUT2D eigenvalue weighted by Gasteiger charge is 2.69. The summed E-state index contributed by atoms with van der Waals surface area (Å²) in [6.45, 7) is 9.50. The van der Waals surface area contributed by atoms with E-state index in [0.717, 1.165) is 35.2 Å². The van der Waals surface area contributed by atoms with Crippen LogP contribution in [0.1, 0.15) is 81.2 Å². The van der Waals surface area contributed by atoms with Crippen LogP contribution in [0.2, 0.25) is 0 Å². The summed E-state index contributed by atoms with van der Waals surface area (Å²) >= 11 is 0. The minimum Gasteiger partial charge on any atom is -0.458 e. The first kappa shape index (κ1) is 39.0. The first-order valence-electron chi connectivity index (χ1n) is 17.3. The van der Waals surface area contributed by atoms with Gasteiger partial charge in [-0.15, -0.1) is 0 Å². The average molecular weight is 696 g/mol. The lowest BCUT2D eigenvalue weighted by atomic mass is 9.77. The van der Waals surface area contributed by atoms with Crippen molar-refractivity contribution in [3.63, 3.8) is 0 Å². The first-order chi connectivity index (χ1) is 23.5. The van der Waals surface area contributed by atoms with Crippen molar-refractivity contribution >= 4 is 23.8 Å². The molecule has 2 heterocycles.